The third kappa shape index (κ3) is 2.94. The molecule has 0 radical (unpaired) electrons. The molecular formula is C20H14F3NOS. The van der Waals surface area contributed by atoms with Crippen molar-refractivity contribution in [1.82, 2.24) is 0 Å². The van der Waals surface area contributed by atoms with E-state index in [-0.39, 0.29) is 22.7 Å². The van der Waals surface area contributed by atoms with Gasteiger partial charge in [0.05, 0.1) is 11.3 Å². The molecule has 4 rings (SSSR count). The van der Waals surface area contributed by atoms with Gasteiger partial charge in [-0.3, -0.25) is 9.69 Å². The molecule has 6 heteroatoms. The molecule has 1 aliphatic rings. The molecule has 26 heavy (non-hydrogen) atoms. The van der Waals surface area contributed by atoms with Crippen molar-refractivity contribution in [2.45, 2.75) is 11.6 Å². The molecule has 0 saturated carbocycles. The van der Waals surface area contributed by atoms with Gasteiger partial charge >= 0.3 is 6.18 Å². The summed E-state index contributed by atoms with van der Waals surface area (Å²) < 4.78 is 39.2. The molecule has 3 aromatic carbocycles. The molecule has 132 valence electrons. The van der Waals surface area contributed by atoms with Gasteiger partial charge < -0.3 is 0 Å². The standard InChI is InChI=1S/C20H14F3NOS/c21-20(22,23)14-7-4-8-15(11-14)24-18(25)12-26-19(24)17-10-3-6-13-5-1-2-9-16(13)17/h1-11,19H,12H2. The zero-order chi connectivity index (χ0) is 18.3. The van der Waals surface area contributed by atoms with Gasteiger partial charge in [0.2, 0.25) is 5.91 Å². The molecule has 1 aliphatic heterocycles. The Balaban J connectivity index is 1.81. The Morgan fingerprint density at radius 3 is 2.50 bits per heavy atom. The minimum absolute atomic E-state index is 0.188. The second-order valence-electron chi connectivity index (χ2n) is 6.04. The van der Waals surface area contributed by atoms with Crippen LogP contribution >= 0.6 is 11.8 Å². The summed E-state index contributed by atoms with van der Waals surface area (Å²) in [7, 11) is 0. The first-order chi connectivity index (χ1) is 12.4. The van der Waals surface area contributed by atoms with E-state index in [2.05, 4.69) is 0 Å². The van der Waals surface area contributed by atoms with Crippen molar-refractivity contribution in [3.8, 4) is 0 Å². The Hall–Kier alpha value is -2.47. The van der Waals surface area contributed by atoms with E-state index in [1.165, 1.54) is 22.7 Å². The fourth-order valence-electron chi connectivity index (χ4n) is 3.23. The number of halogens is 3. The number of alkyl halides is 3. The van der Waals surface area contributed by atoms with Crippen LogP contribution in [0.15, 0.2) is 66.7 Å². The van der Waals surface area contributed by atoms with Gasteiger partial charge in [-0.2, -0.15) is 13.2 Å². The van der Waals surface area contributed by atoms with Crippen LogP contribution in [0.25, 0.3) is 10.8 Å². The monoisotopic (exact) mass is 373 g/mol. The Bertz CT molecular complexity index is 981. The summed E-state index contributed by atoms with van der Waals surface area (Å²) in [5.74, 6) is 0.0525. The van der Waals surface area contributed by atoms with E-state index in [1.54, 1.807) is 6.07 Å². The van der Waals surface area contributed by atoms with Crippen molar-refractivity contribution in [1.29, 1.82) is 0 Å². The third-order valence-electron chi connectivity index (χ3n) is 4.41. The molecule has 0 N–H and O–H groups in total. The molecule has 0 aromatic heterocycles. The maximum absolute atomic E-state index is 13.1. The van der Waals surface area contributed by atoms with Gasteiger partial charge in [0.15, 0.2) is 0 Å². The van der Waals surface area contributed by atoms with Crippen LogP contribution in [0.1, 0.15) is 16.5 Å². The topological polar surface area (TPSA) is 20.3 Å². The van der Waals surface area contributed by atoms with Gasteiger partial charge in [-0.1, -0.05) is 48.5 Å². The Labute approximate surface area is 152 Å². The lowest BCUT2D eigenvalue weighted by atomic mass is 10.0. The number of amides is 1. The van der Waals surface area contributed by atoms with Crippen LogP contribution in [0, 0.1) is 0 Å². The van der Waals surface area contributed by atoms with Crippen LogP contribution in [-0.4, -0.2) is 11.7 Å². The maximum atomic E-state index is 13.1. The van der Waals surface area contributed by atoms with Crippen molar-refractivity contribution in [2.75, 3.05) is 10.7 Å². The van der Waals surface area contributed by atoms with E-state index in [4.69, 9.17) is 0 Å². The van der Waals surface area contributed by atoms with Crippen molar-refractivity contribution in [2.24, 2.45) is 0 Å². The minimum Gasteiger partial charge on any atom is -0.295 e. The van der Waals surface area contributed by atoms with E-state index in [0.29, 0.717) is 0 Å². The Morgan fingerprint density at radius 1 is 0.962 bits per heavy atom. The molecule has 0 aliphatic carbocycles. The first kappa shape index (κ1) is 17.0. The highest BCUT2D eigenvalue weighted by atomic mass is 32.2. The predicted molar refractivity (Wildman–Crippen MR) is 98.1 cm³/mol. The van der Waals surface area contributed by atoms with Gasteiger partial charge in [-0.15, -0.1) is 11.8 Å². The lowest BCUT2D eigenvalue weighted by molar-refractivity contribution is -0.137. The number of hydrogen-bond acceptors (Lipinski definition) is 2. The van der Waals surface area contributed by atoms with Gasteiger partial charge in [-0.25, -0.2) is 0 Å². The molecule has 1 fully saturated rings. The van der Waals surface area contributed by atoms with E-state index >= 15 is 0 Å². The normalized spacial score (nSPS) is 17.9. The second-order valence-corrected chi connectivity index (χ2v) is 7.11. The number of fused-ring (bicyclic) bond motifs is 1. The van der Waals surface area contributed by atoms with Crippen LogP contribution in [0.5, 0.6) is 0 Å². The average molecular weight is 373 g/mol. The molecule has 1 saturated heterocycles. The summed E-state index contributed by atoms with van der Waals surface area (Å²) in [5.41, 5.74) is 0.445. The number of thioether (sulfide) groups is 1. The summed E-state index contributed by atoms with van der Waals surface area (Å²) in [6.45, 7) is 0. The molecule has 1 atom stereocenters. The molecule has 2 nitrogen and oxygen atoms in total. The molecule has 1 heterocycles. The van der Waals surface area contributed by atoms with Crippen LogP contribution in [0.2, 0.25) is 0 Å². The summed E-state index contributed by atoms with van der Waals surface area (Å²) in [6.07, 6.45) is -4.44. The van der Waals surface area contributed by atoms with Crippen LogP contribution in [-0.2, 0) is 11.0 Å². The van der Waals surface area contributed by atoms with Gasteiger partial charge in [0, 0.05) is 5.69 Å². The van der Waals surface area contributed by atoms with E-state index in [9.17, 15) is 18.0 Å². The molecular weight excluding hydrogens is 359 g/mol. The number of rotatable bonds is 2. The number of anilines is 1. The maximum Gasteiger partial charge on any atom is 0.416 e. The lowest BCUT2D eigenvalue weighted by Gasteiger charge is -2.26. The predicted octanol–water partition coefficient (Wildman–Crippen LogP) is 5.64. The second kappa shape index (κ2) is 6.36. The van der Waals surface area contributed by atoms with Crippen LogP contribution in [0.4, 0.5) is 18.9 Å². The molecule has 0 spiro atoms. The SMILES string of the molecule is O=C1CSC(c2cccc3ccccc23)N1c1cccc(C(F)(F)F)c1. The largest absolute Gasteiger partial charge is 0.416 e. The zero-order valence-corrected chi connectivity index (χ0v) is 14.3. The fraction of sp³-hybridized carbons (Fsp3) is 0.150. The summed E-state index contributed by atoms with van der Waals surface area (Å²) in [6, 6.07) is 18.6. The molecule has 1 amide bonds. The van der Waals surface area contributed by atoms with Crippen molar-refractivity contribution in [3.63, 3.8) is 0 Å². The van der Waals surface area contributed by atoms with Gasteiger partial charge in [-0.05, 0) is 34.5 Å². The van der Waals surface area contributed by atoms with Crippen LogP contribution in [0.3, 0.4) is 0 Å². The lowest BCUT2D eigenvalue weighted by Crippen LogP contribution is -2.28. The summed E-state index contributed by atoms with van der Waals surface area (Å²) >= 11 is 1.43. The fourth-order valence-corrected chi connectivity index (χ4v) is 4.44. The Kier molecular flexibility index (Phi) is 4.15. The van der Waals surface area contributed by atoms with E-state index in [1.807, 2.05) is 42.5 Å². The highest BCUT2D eigenvalue weighted by molar-refractivity contribution is 8.00. The zero-order valence-electron chi connectivity index (χ0n) is 13.5. The highest BCUT2D eigenvalue weighted by Gasteiger charge is 2.37. The number of nitrogens with zero attached hydrogens (tertiary/aromatic N) is 1. The molecule has 1 unspecified atom stereocenters. The van der Waals surface area contributed by atoms with Crippen molar-refractivity contribution < 1.29 is 18.0 Å². The third-order valence-corrected chi connectivity index (χ3v) is 5.60. The first-order valence-corrected chi connectivity index (χ1v) is 9.08. The molecule has 3 aromatic rings. The van der Waals surface area contributed by atoms with E-state index < -0.39 is 11.7 Å². The smallest absolute Gasteiger partial charge is 0.295 e. The quantitative estimate of drug-likeness (QED) is 0.580. The Morgan fingerprint density at radius 2 is 1.69 bits per heavy atom. The van der Waals surface area contributed by atoms with Gasteiger partial charge in [0.1, 0.15) is 5.37 Å². The van der Waals surface area contributed by atoms with Crippen LogP contribution < -0.4 is 4.90 Å². The van der Waals surface area contributed by atoms with E-state index in [0.717, 1.165) is 28.5 Å². The van der Waals surface area contributed by atoms with Crippen molar-refractivity contribution >= 4 is 34.1 Å². The highest BCUT2D eigenvalue weighted by Crippen LogP contribution is 2.44. The first-order valence-electron chi connectivity index (χ1n) is 8.04. The number of benzene rings is 3. The average Bonchev–Trinajstić information content (AvgIpc) is 3.02. The molecule has 0 bridgehead atoms. The number of hydrogen-bond donors (Lipinski definition) is 0. The minimum atomic E-state index is -4.44. The number of carbonyl (C=O) groups is 1. The summed E-state index contributed by atoms with van der Waals surface area (Å²) in [5, 5.41) is 1.69. The van der Waals surface area contributed by atoms with Gasteiger partial charge in [0.25, 0.3) is 0 Å². The number of carbonyl (C=O) groups excluding carboxylic acids is 1. The van der Waals surface area contributed by atoms with Crippen molar-refractivity contribution in [3.05, 3.63) is 77.9 Å². The summed E-state index contributed by atoms with van der Waals surface area (Å²) in [4.78, 5) is 14.0.